The lowest BCUT2D eigenvalue weighted by molar-refractivity contribution is 1.11. The van der Waals surface area contributed by atoms with E-state index in [1.54, 1.807) is 0 Å². The van der Waals surface area contributed by atoms with Gasteiger partial charge in [0.25, 0.3) is 0 Å². The largest absolute Gasteiger partial charge is 0.132 e. The number of thiol groups is 2. The first-order valence-electron chi connectivity index (χ1n) is 2.11. The smallest absolute Gasteiger partial charge is 0.0513 e. The highest BCUT2D eigenvalue weighted by molar-refractivity contribution is 8.92. The molecule has 4 heteroatoms. The third-order valence-electron chi connectivity index (χ3n) is 0.515. The van der Waals surface area contributed by atoms with Gasteiger partial charge in [0.05, 0.1) is 4.44 Å². The third-order valence-corrected chi connectivity index (χ3v) is 3.29. The summed E-state index contributed by atoms with van der Waals surface area (Å²) < 4.78 is -1.44. The molecule has 0 heterocycles. The summed E-state index contributed by atoms with van der Waals surface area (Å²) in [6.07, 6.45) is 2.10. The second kappa shape index (κ2) is 3.39. The zero-order chi connectivity index (χ0) is 5.91. The molecule has 0 unspecified atom stereocenters. The lowest BCUT2D eigenvalue weighted by atomic mass is 10.6. The van der Waals surface area contributed by atoms with Crippen LogP contribution in [0.5, 0.6) is 0 Å². The maximum atomic E-state index is 4.92. The first kappa shape index (κ1) is 8.35. The fourth-order valence-corrected chi connectivity index (χ4v) is 2.62. The van der Waals surface area contributed by atoms with Crippen molar-refractivity contribution in [3.05, 3.63) is 0 Å². The van der Waals surface area contributed by atoms with Crippen LogP contribution >= 0.6 is 28.9 Å². The third kappa shape index (κ3) is 7.35. The summed E-state index contributed by atoms with van der Waals surface area (Å²) in [5, 5.41) is 0. The van der Waals surface area contributed by atoms with E-state index in [0.29, 0.717) is 0 Å². The number of rotatable bonds is 2. The Morgan fingerprint density at radius 3 is 2.00 bits per heavy atom. The van der Waals surface area contributed by atoms with Crippen LogP contribution in [0.2, 0.25) is 0 Å². The van der Waals surface area contributed by atoms with Gasteiger partial charge in [-0.2, -0.15) is 0 Å². The number of hydrogen-bond donors (Lipinski definition) is 2. The van der Waals surface area contributed by atoms with Gasteiger partial charge in [-0.3, -0.25) is 0 Å². The molecule has 0 saturated heterocycles. The molecule has 0 N–H and O–H groups in total. The zero-order valence-corrected chi connectivity index (χ0v) is 7.66. The first-order chi connectivity index (χ1) is 3.06. The van der Waals surface area contributed by atoms with Crippen LogP contribution < -0.4 is 0 Å². The summed E-state index contributed by atoms with van der Waals surface area (Å²) in [4.78, 5) is 0. The zero-order valence-electron chi connectivity index (χ0n) is 4.16. The molecule has 0 aliphatic heterocycles. The van der Waals surface area contributed by atoms with Crippen molar-refractivity contribution in [1.82, 2.24) is 0 Å². The highest BCUT2D eigenvalue weighted by atomic mass is 33.2. The molecule has 44 valence electrons. The molecule has 0 fully saturated rings. The molecule has 0 spiro atoms. The maximum absolute atomic E-state index is 4.92. The molecule has 7 heavy (non-hydrogen) atoms. The van der Waals surface area contributed by atoms with Gasteiger partial charge in [0.1, 0.15) is 0 Å². The monoisotopic (exact) mass is 172 g/mol. The predicted molar refractivity (Wildman–Crippen MR) is 47.4 cm³/mol. The van der Waals surface area contributed by atoms with Crippen LogP contribution in [-0.2, 0) is 11.8 Å². The van der Waals surface area contributed by atoms with Crippen molar-refractivity contribution in [1.29, 1.82) is 0 Å². The summed E-state index contributed by atoms with van der Waals surface area (Å²) in [6.45, 7) is 2.09. The molecule has 0 bridgehead atoms. The van der Waals surface area contributed by atoms with E-state index in [1.807, 2.05) is 0 Å². The summed E-state index contributed by atoms with van der Waals surface area (Å²) in [6, 6.07) is 0. The van der Waals surface area contributed by atoms with Crippen molar-refractivity contribution in [3.8, 4) is 0 Å². The highest BCUT2D eigenvalue weighted by Gasteiger charge is 1.99. The Balaban J connectivity index is 3.36. The Morgan fingerprint density at radius 2 is 2.00 bits per heavy atom. The van der Waals surface area contributed by atoms with Gasteiger partial charge < -0.3 is 0 Å². The Hall–Kier alpha value is 1.35. The van der Waals surface area contributed by atoms with Crippen LogP contribution in [0.4, 0.5) is 0 Å². The van der Waals surface area contributed by atoms with E-state index in [2.05, 4.69) is 31.4 Å². The van der Waals surface area contributed by atoms with Crippen molar-refractivity contribution in [2.75, 3.05) is 6.16 Å². The van der Waals surface area contributed by atoms with Crippen molar-refractivity contribution < 1.29 is 0 Å². The molecule has 0 aromatic heterocycles. The topological polar surface area (TPSA) is 0 Å². The van der Waals surface area contributed by atoms with Gasteiger partial charge in [0.15, 0.2) is 0 Å². The van der Waals surface area contributed by atoms with Crippen LogP contribution in [-0.4, -0.2) is 6.16 Å². The quantitative estimate of drug-likeness (QED) is 0.477. The first-order valence-corrected chi connectivity index (χ1v) is 7.40. The van der Waals surface area contributed by atoms with Gasteiger partial charge in [-0.25, -0.2) is 0 Å². The Bertz CT molecular complexity index is 84.2. The molecule has 0 aliphatic carbocycles. The molecule has 0 radical (unpaired) electrons. The van der Waals surface area contributed by atoms with Gasteiger partial charge in [-0.15, -0.1) is 24.5 Å². The van der Waals surface area contributed by atoms with E-state index in [-0.39, 0.29) is 0 Å². The fraction of sp³-hybridized carbons (Fsp3) is 1.00. The molecular weight excluding hydrogens is 163 g/mol. The van der Waals surface area contributed by atoms with E-state index in [1.165, 1.54) is 0 Å². The molecule has 0 aromatic rings. The van der Waals surface area contributed by atoms with Gasteiger partial charge in [0, 0.05) is 0 Å². The Kier molecular flexibility index (Phi) is 4.04. The fourth-order valence-electron chi connectivity index (χ4n) is 0.291. The van der Waals surface area contributed by atoms with Gasteiger partial charge in [-0.1, -0.05) is 18.7 Å². The molecular formula is C3H9PS3. The van der Waals surface area contributed by atoms with E-state index in [4.69, 9.17) is 11.8 Å². The normalized spacial score (nSPS) is 11.9. The Labute approximate surface area is 60.4 Å². The molecule has 0 aromatic carbocycles. The van der Waals surface area contributed by atoms with Crippen LogP contribution in [0.15, 0.2) is 0 Å². The standard InChI is InChI=1S/C3H9PS3/c1-2-3-4(5,6)7/h2-3H2,1H3,(H2,5,6,7). The molecule has 0 amide bonds. The van der Waals surface area contributed by atoms with Gasteiger partial charge in [0.2, 0.25) is 0 Å². The average molecular weight is 172 g/mol. The molecule has 0 atom stereocenters. The maximum Gasteiger partial charge on any atom is 0.0513 e. The van der Waals surface area contributed by atoms with Crippen LogP contribution in [0.1, 0.15) is 13.3 Å². The van der Waals surface area contributed by atoms with Crippen LogP contribution in [0.3, 0.4) is 0 Å². The molecule has 0 aliphatic rings. The SMILES string of the molecule is CCCP(=S)(S)S. The van der Waals surface area contributed by atoms with Crippen LogP contribution in [0.25, 0.3) is 0 Å². The summed E-state index contributed by atoms with van der Waals surface area (Å²) in [7, 11) is 0. The minimum atomic E-state index is -1.44. The van der Waals surface area contributed by atoms with Crippen molar-refractivity contribution >= 4 is 40.7 Å². The molecule has 0 rings (SSSR count). The molecule has 0 nitrogen and oxygen atoms in total. The Morgan fingerprint density at radius 1 is 1.57 bits per heavy atom. The average Bonchev–Trinajstić information content (AvgIpc) is 1.30. The van der Waals surface area contributed by atoms with Crippen molar-refractivity contribution in [3.63, 3.8) is 0 Å². The second-order valence-electron chi connectivity index (χ2n) is 1.39. The van der Waals surface area contributed by atoms with E-state index in [0.717, 1.165) is 12.6 Å². The van der Waals surface area contributed by atoms with E-state index < -0.39 is 4.44 Å². The predicted octanol–water partition coefficient (Wildman–Crippen LogP) is 2.57. The lowest BCUT2D eigenvalue weighted by Gasteiger charge is -2.02. The lowest BCUT2D eigenvalue weighted by Crippen LogP contribution is -1.69. The summed E-state index contributed by atoms with van der Waals surface area (Å²) in [5.74, 6) is 0. The number of hydrogen-bond acceptors (Lipinski definition) is 1. The molecule has 0 saturated carbocycles. The van der Waals surface area contributed by atoms with Crippen molar-refractivity contribution in [2.45, 2.75) is 13.3 Å². The summed E-state index contributed by atoms with van der Waals surface area (Å²) in [5.41, 5.74) is 0. The highest BCUT2D eigenvalue weighted by Crippen LogP contribution is 2.55. The van der Waals surface area contributed by atoms with Crippen LogP contribution in [0, 0.1) is 0 Å². The van der Waals surface area contributed by atoms with Gasteiger partial charge >= 0.3 is 0 Å². The van der Waals surface area contributed by atoms with Gasteiger partial charge in [-0.05, 0) is 12.6 Å². The minimum Gasteiger partial charge on any atom is -0.132 e. The summed E-state index contributed by atoms with van der Waals surface area (Å²) >= 11 is 13.2. The second-order valence-corrected chi connectivity index (χ2v) is 11.7. The van der Waals surface area contributed by atoms with E-state index in [9.17, 15) is 0 Å². The minimum absolute atomic E-state index is 0.995. The van der Waals surface area contributed by atoms with Crippen molar-refractivity contribution in [2.24, 2.45) is 0 Å². The van der Waals surface area contributed by atoms with E-state index >= 15 is 0 Å².